The third kappa shape index (κ3) is 3.55. The summed E-state index contributed by atoms with van der Waals surface area (Å²) in [6, 6.07) is 3.16. The van der Waals surface area contributed by atoms with Crippen molar-refractivity contribution in [2.24, 2.45) is 5.73 Å². The molecular weight excluding hydrogens is 218 g/mol. The van der Waals surface area contributed by atoms with E-state index in [1.54, 1.807) is 12.1 Å². The molecule has 6 heteroatoms. The monoisotopic (exact) mass is 227 g/mol. The van der Waals surface area contributed by atoms with E-state index >= 15 is 0 Å². The zero-order chi connectivity index (χ0) is 11.3. The minimum atomic E-state index is -0.465. The molecule has 15 heavy (non-hydrogen) atoms. The van der Waals surface area contributed by atoms with Crippen molar-refractivity contribution in [3.63, 3.8) is 0 Å². The number of nitrogens with two attached hydrogens (primary N) is 1. The van der Waals surface area contributed by atoms with Gasteiger partial charge in [-0.2, -0.15) is 0 Å². The van der Waals surface area contributed by atoms with Gasteiger partial charge in [0.25, 0.3) is 5.91 Å². The Hall–Kier alpha value is -1.62. The Morgan fingerprint density at radius 3 is 2.87 bits per heavy atom. The number of carbonyl (C=O) groups is 2. The van der Waals surface area contributed by atoms with Gasteiger partial charge in [-0.3, -0.25) is 9.59 Å². The lowest BCUT2D eigenvalue weighted by Gasteiger charge is -2.04. The molecule has 3 N–H and O–H groups in total. The number of aromatic nitrogens is 1. The van der Waals surface area contributed by atoms with Crippen LogP contribution in [0.1, 0.15) is 16.8 Å². The molecule has 1 aromatic heterocycles. The highest BCUT2D eigenvalue weighted by molar-refractivity contribution is 6.32. The molecule has 0 aromatic carbocycles. The Morgan fingerprint density at radius 2 is 2.27 bits per heavy atom. The zero-order valence-electron chi connectivity index (χ0n) is 7.87. The first-order valence-corrected chi connectivity index (χ1v) is 4.66. The molecule has 0 aliphatic carbocycles. The van der Waals surface area contributed by atoms with Gasteiger partial charge in [0.05, 0.1) is 5.56 Å². The maximum absolute atomic E-state index is 11.5. The van der Waals surface area contributed by atoms with E-state index in [1.165, 1.54) is 6.20 Å². The number of amides is 2. The van der Waals surface area contributed by atoms with Gasteiger partial charge in [0.2, 0.25) is 5.91 Å². The van der Waals surface area contributed by atoms with E-state index in [1.807, 2.05) is 0 Å². The van der Waals surface area contributed by atoms with Crippen LogP contribution in [0.3, 0.4) is 0 Å². The molecule has 0 saturated heterocycles. The van der Waals surface area contributed by atoms with E-state index in [0.29, 0.717) is 0 Å². The lowest BCUT2D eigenvalue weighted by atomic mass is 10.2. The molecule has 0 bridgehead atoms. The second-order valence-corrected chi connectivity index (χ2v) is 3.17. The molecule has 0 spiro atoms. The van der Waals surface area contributed by atoms with Gasteiger partial charge < -0.3 is 11.1 Å². The van der Waals surface area contributed by atoms with Gasteiger partial charge in [-0.1, -0.05) is 11.6 Å². The Balaban J connectivity index is 2.54. The van der Waals surface area contributed by atoms with Crippen molar-refractivity contribution in [1.82, 2.24) is 10.3 Å². The molecule has 0 radical (unpaired) electrons. The second kappa shape index (κ2) is 5.31. The Kier molecular flexibility index (Phi) is 4.05. The summed E-state index contributed by atoms with van der Waals surface area (Å²) in [4.78, 5) is 25.6. The normalized spacial score (nSPS) is 9.67. The summed E-state index contributed by atoms with van der Waals surface area (Å²) >= 11 is 5.70. The van der Waals surface area contributed by atoms with Crippen molar-refractivity contribution in [2.45, 2.75) is 6.42 Å². The van der Waals surface area contributed by atoms with Crippen LogP contribution in [-0.2, 0) is 4.79 Å². The first-order valence-electron chi connectivity index (χ1n) is 4.28. The minimum absolute atomic E-state index is 0.101. The number of halogens is 1. The predicted molar refractivity (Wildman–Crippen MR) is 55.4 cm³/mol. The van der Waals surface area contributed by atoms with Gasteiger partial charge in [-0.25, -0.2) is 4.98 Å². The number of carbonyl (C=O) groups excluding carboxylic acids is 2. The number of hydrogen-bond donors (Lipinski definition) is 2. The van der Waals surface area contributed by atoms with Crippen LogP contribution >= 0.6 is 11.6 Å². The maximum atomic E-state index is 11.5. The summed E-state index contributed by atoms with van der Waals surface area (Å²) in [5.74, 6) is -0.832. The number of rotatable bonds is 4. The van der Waals surface area contributed by atoms with E-state index < -0.39 is 5.91 Å². The number of hydrogen-bond acceptors (Lipinski definition) is 3. The van der Waals surface area contributed by atoms with Crippen LogP contribution < -0.4 is 11.1 Å². The van der Waals surface area contributed by atoms with Crippen molar-refractivity contribution in [1.29, 1.82) is 0 Å². The van der Waals surface area contributed by atoms with Crippen LogP contribution in [0.5, 0.6) is 0 Å². The Morgan fingerprint density at radius 1 is 1.53 bits per heavy atom. The first kappa shape index (κ1) is 11.5. The summed E-state index contributed by atoms with van der Waals surface area (Å²) in [6.45, 7) is 0.194. The fraction of sp³-hybridized carbons (Fsp3) is 0.222. The molecule has 0 aliphatic heterocycles. The van der Waals surface area contributed by atoms with Gasteiger partial charge in [-0.15, -0.1) is 0 Å². The summed E-state index contributed by atoms with van der Waals surface area (Å²) in [5.41, 5.74) is 5.20. The molecule has 0 atom stereocenters. The number of primary amides is 1. The molecule has 5 nitrogen and oxygen atoms in total. The highest BCUT2D eigenvalue weighted by Crippen LogP contribution is 2.10. The van der Waals surface area contributed by atoms with Crippen LogP contribution in [0.25, 0.3) is 0 Å². The molecule has 0 fully saturated rings. The third-order valence-electron chi connectivity index (χ3n) is 1.66. The minimum Gasteiger partial charge on any atom is -0.370 e. The van der Waals surface area contributed by atoms with Gasteiger partial charge in [0.1, 0.15) is 5.15 Å². The quantitative estimate of drug-likeness (QED) is 0.728. The Labute approximate surface area is 91.6 Å². The second-order valence-electron chi connectivity index (χ2n) is 2.81. The average molecular weight is 228 g/mol. The van der Waals surface area contributed by atoms with Crippen molar-refractivity contribution in [3.8, 4) is 0 Å². The van der Waals surface area contributed by atoms with Gasteiger partial charge in [0.15, 0.2) is 0 Å². The molecular formula is C9H10ClN3O2. The average Bonchev–Trinajstić information content (AvgIpc) is 2.17. The molecule has 0 saturated carbocycles. The standard InChI is InChI=1S/C9H10ClN3O2/c10-8-6(2-1-4-12-8)9(15)13-5-3-7(11)14/h1-2,4H,3,5H2,(H2,11,14)(H,13,15). The maximum Gasteiger partial charge on any atom is 0.254 e. The predicted octanol–water partition coefficient (Wildman–Crippen LogP) is 0.340. The lowest BCUT2D eigenvalue weighted by molar-refractivity contribution is -0.117. The van der Waals surface area contributed by atoms with Crippen molar-refractivity contribution < 1.29 is 9.59 Å². The van der Waals surface area contributed by atoms with Crippen molar-refractivity contribution in [3.05, 3.63) is 29.0 Å². The van der Waals surface area contributed by atoms with Crippen LogP contribution in [0.4, 0.5) is 0 Å². The van der Waals surface area contributed by atoms with E-state index in [2.05, 4.69) is 10.3 Å². The van der Waals surface area contributed by atoms with Crippen LogP contribution in [-0.4, -0.2) is 23.3 Å². The van der Waals surface area contributed by atoms with E-state index in [0.717, 1.165) is 0 Å². The number of pyridine rings is 1. The topological polar surface area (TPSA) is 85.1 Å². The molecule has 0 unspecified atom stereocenters. The van der Waals surface area contributed by atoms with Crippen molar-refractivity contribution >= 4 is 23.4 Å². The molecule has 1 rings (SSSR count). The van der Waals surface area contributed by atoms with E-state index in [-0.39, 0.29) is 29.6 Å². The van der Waals surface area contributed by atoms with E-state index in [4.69, 9.17) is 17.3 Å². The van der Waals surface area contributed by atoms with Crippen LogP contribution in [0.15, 0.2) is 18.3 Å². The van der Waals surface area contributed by atoms with Crippen LogP contribution in [0, 0.1) is 0 Å². The molecule has 80 valence electrons. The fourth-order valence-electron chi connectivity index (χ4n) is 0.950. The fourth-order valence-corrected chi connectivity index (χ4v) is 1.16. The summed E-state index contributed by atoms with van der Waals surface area (Å²) in [5, 5.41) is 2.64. The SMILES string of the molecule is NC(=O)CCNC(=O)c1cccnc1Cl. The molecule has 1 heterocycles. The molecule has 0 aliphatic rings. The summed E-state index contributed by atoms with van der Waals surface area (Å²) in [7, 11) is 0. The number of nitrogens with zero attached hydrogens (tertiary/aromatic N) is 1. The number of nitrogens with one attached hydrogen (secondary N) is 1. The largest absolute Gasteiger partial charge is 0.370 e. The van der Waals surface area contributed by atoms with Gasteiger partial charge in [-0.05, 0) is 12.1 Å². The van der Waals surface area contributed by atoms with Gasteiger partial charge in [0, 0.05) is 19.2 Å². The van der Waals surface area contributed by atoms with Crippen LogP contribution in [0.2, 0.25) is 5.15 Å². The highest BCUT2D eigenvalue weighted by atomic mass is 35.5. The molecule has 1 aromatic rings. The smallest absolute Gasteiger partial charge is 0.254 e. The highest BCUT2D eigenvalue weighted by Gasteiger charge is 2.09. The Bertz CT molecular complexity index is 381. The first-order chi connectivity index (χ1) is 7.11. The van der Waals surface area contributed by atoms with E-state index in [9.17, 15) is 9.59 Å². The third-order valence-corrected chi connectivity index (χ3v) is 1.96. The lowest BCUT2D eigenvalue weighted by Crippen LogP contribution is -2.28. The summed E-state index contributed by atoms with van der Waals surface area (Å²) < 4.78 is 0. The zero-order valence-corrected chi connectivity index (χ0v) is 8.62. The van der Waals surface area contributed by atoms with Crippen molar-refractivity contribution in [2.75, 3.05) is 6.54 Å². The molecule has 2 amide bonds. The van der Waals surface area contributed by atoms with Gasteiger partial charge >= 0.3 is 0 Å². The summed E-state index contributed by atoms with van der Waals surface area (Å²) in [6.07, 6.45) is 1.59.